The second-order valence-electron chi connectivity index (χ2n) is 8.80. The van der Waals surface area contributed by atoms with Crippen molar-refractivity contribution in [3.05, 3.63) is 47.5 Å². The Morgan fingerprint density at radius 3 is 2.74 bits per heavy atom. The second-order valence-corrected chi connectivity index (χ2v) is 8.80. The van der Waals surface area contributed by atoms with Crippen molar-refractivity contribution < 1.29 is 14.0 Å². The molecule has 0 saturated heterocycles. The molecule has 1 aliphatic rings. The van der Waals surface area contributed by atoms with E-state index in [0.29, 0.717) is 25.1 Å². The molecule has 0 atom stereocenters. The van der Waals surface area contributed by atoms with Crippen LogP contribution in [0.4, 0.5) is 11.6 Å². The van der Waals surface area contributed by atoms with E-state index in [2.05, 4.69) is 20.8 Å². The maximum Gasteiger partial charge on any atom is 0.227 e. The summed E-state index contributed by atoms with van der Waals surface area (Å²) in [7, 11) is 1.69. The van der Waals surface area contributed by atoms with Crippen LogP contribution in [0.2, 0.25) is 0 Å². The molecule has 2 N–H and O–H groups in total. The summed E-state index contributed by atoms with van der Waals surface area (Å²) in [6.45, 7) is 6.83. The summed E-state index contributed by atoms with van der Waals surface area (Å²) < 4.78 is 16.5. The Morgan fingerprint density at radius 1 is 1.09 bits per heavy atom. The number of aromatic nitrogens is 3. The molecule has 0 radical (unpaired) electrons. The highest BCUT2D eigenvalue weighted by atomic mass is 16.5. The van der Waals surface area contributed by atoms with Gasteiger partial charge in [0.25, 0.3) is 0 Å². The van der Waals surface area contributed by atoms with Crippen molar-refractivity contribution in [2.45, 2.75) is 51.9 Å². The van der Waals surface area contributed by atoms with Gasteiger partial charge < -0.3 is 24.6 Å². The third-order valence-corrected chi connectivity index (χ3v) is 6.21. The van der Waals surface area contributed by atoms with E-state index < -0.39 is 0 Å². The van der Waals surface area contributed by atoms with Crippen LogP contribution in [0.3, 0.4) is 0 Å². The number of benzene rings is 1. The van der Waals surface area contributed by atoms with Crippen molar-refractivity contribution in [1.82, 2.24) is 20.4 Å². The van der Waals surface area contributed by atoms with E-state index in [1.165, 1.54) is 19.3 Å². The van der Waals surface area contributed by atoms with Gasteiger partial charge in [0.05, 0.1) is 23.6 Å². The zero-order valence-electron chi connectivity index (χ0n) is 20.4. The van der Waals surface area contributed by atoms with Crippen molar-refractivity contribution in [1.29, 1.82) is 0 Å². The molecule has 1 aliphatic carbocycles. The van der Waals surface area contributed by atoms with Gasteiger partial charge in [-0.2, -0.15) is 0 Å². The lowest BCUT2D eigenvalue weighted by Gasteiger charge is -2.20. The van der Waals surface area contributed by atoms with Crippen LogP contribution >= 0.6 is 0 Å². The van der Waals surface area contributed by atoms with E-state index in [1.54, 1.807) is 7.11 Å². The summed E-state index contributed by atoms with van der Waals surface area (Å²) in [5, 5.41) is 11.0. The zero-order valence-corrected chi connectivity index (χ0v) is 20.4. The zero-order chi connectivity index (χ0) is 23.8. The minimum Gasteiger partial charge on any atom is -0.492 e. The monoisotopic (exact) mass is 465 g/mol. The average Bonchev–Trinajstić information content (AvgIpc) is 3.24. The van der Waals surface area contributed by atoms with Crippen molar-refractivity contribution in [3.63, 3.8) is 0 Å². The lowest BCUT2D eigenvalue weighted by atomic mass is 9.84. The average molecular weight is 466 g/mol. The van der Waals surface area contributed by atoms with Gasteiger partial charge >= 0.3 is 0 Å². The molecule has 8 heteroatoms. The Bertz CT molecular complexity index is 1060. The van der Waals surface area contributed by atoms with Gasteiger partial charge in [0.1, 0.15) is 18.1 Å². The summed E-state index contributed by atoms with van der Waals surface area (Å²) in [6.07, 6.45) is 7.95. The number of hydrogen-bond acceptors (Lipinski definition) is 8. The highest BCUT2D eigenvalue weighted by molar-refractivity contribution is 5.69. The van der Waals surface area contributed by atoms with E-state index in [4.69, 9.17) is 19.0 Å². The van der Waals surface area contributed by atoms with Crippen molar-refractivity contribution in [2.24, 2.45) is 0 Å². The van der Waals surface area contributed by atoms with Crippen molar-refractivity contribution in [3.8, 4) is 17.0 Å². The number of aryl methyl sites for hydroxylation is 2. The minimum atomic E-state index is 0.435. The molecule has 0 aliphatic heterocycles. The SMILES string of the molecule is COCCNCCOc1cccc(Nc2ncc(C)c(-c3c(C4CCCCC4)noc3C)n2)c1. The molecule has 2 aromatic heterocycles. The standard InChI is InChI=1S/C26H35N5O3/c1-18-17-28-26(29-21-10-7-11-22(16-21)33-15-13-27-12-14-32-3)30-24(18)23-19(2)34-31-25(23)20-8-5-4-6-9-20/h7,10-11,16-17,20,27H,4-6,8-9,12-15H2,1-3H3,(H,28,29,30). The third kappa shape index (κ3) is 6.12. The molecule has 0 unspecified atom stereocenters. The highest BCUT2D eigenvalue weighted by Gasteiger charge is 2.26. The fourth-order valence-electron chi connectivity index (χ4n) is 4.42. The fraction of sp³-hybridized carbons (Fsp3) is 0.500. The smallest absolute Gasteiger partial charge is 0.227 e. The molecule has 34 heavy (non-hydrogen) atoms. The molecule has 1 saturated carbocycles. The molecule has 4 rings (SSSR count). The summed E-state index contributed by atoms with van der Waals surface area (Å²) in [5.74, 6) is 2.57. The molecule has 182 valence electrons. The summed E-state index contributed by atoms with van der Waals surface area (Å²) in [6, 6.07) is 7.83. The molecule has 0 amide bonds. The first-order valence-electron chi connectivity index (χ1n) is 12.2. The first kappa shape index (κ1) is 24.2. The summed E-state index contributed by atoms with van der Waals surface area (Å²) in [5.41, 5.74) is 4.82. The fourth-order valence-corrected chi connectivity index (χ4v) is 4.42. The van der Waals surface area contributed by atoms with Crippen LogP contribution in [-0.2, 0) is 4.74 Å². The van der Waals surface area contributed by atoms with Gasteiger partial charge in [-0.15, -0.1) is 0 Å². The third-order valence-electron chi connectivity index (χ3n) is 6.21. The maximum absolute atomic E-state index is 5.86. The predicted octanol–water partition coefficient (Wildman–Crippen LogP) is 5.15. The Kier molecular flexibility index (Phi) is 8.49. The quantitative estimate of drug-likeness (QED) is 0.375. The lowest BCUT2D eigenvalue weighted by Crippen LogP contribution is -2.24. The van der Waals surface area contributed by atoms with Crippen molar-refractivity contribution >= 4 is 11.6 Å². The topological polar surface area (TPSA) is 94.3 Å². The molecule has 1 aromatic carbocycles. The first-order chi connectivity index (χ1) is 16.7. The number of nitrogens with one attached hydrogen (secondary N) is 2. The van der Waals surface area contributed by atoms with Gasteiger partial charge in [0.2, 0.25) is 5.95 Å². The van der Waals surface area contributed by atoms with Gasteiger partial charge in [0, 0.05) is 44.1 Å². The van der Waals surface area contributed by atoms with E-state index >= 15 is 0 Å². The minimum absolute atomic E-state index is 0.435. The van der Waals surface area contributed by atoms with E-state index in [1.807, 2.05) is 44.3 Å². The van der Waals surface area contributed by atoms with Gasteiger partial charge in [-0.25, -0.2) is 9.97 Å². The number of rotatable bonds is 11. The number of anilines is 2. The lowest BCUT2D eigenvalue weighted by molar-refractivity contribution is 0.197. The van der Waals surface area contributed by atoms with Crippen molar-refractivity contribution in [2.75, 3.05) is 38.7 Å². The largest absolute Gasteiger partial charge is 0.492 e. The van der Waals surface area contributed by atoms with Crippen LogP contribution in [-0.4, -0.2) is 48.5 Å². The van der Waals surface area contributed by atoms with Crippen LogP contribution in [0.15, 0.2) is 35.0 Å². The Labute approximate surface area is 201 Å². The van der Waals surface area contributed by atoms with E-state index in [-0.39, 0.29) is 0 Å². The molecular formula is C26H35N5O3. The van der Waals surface area contributed by atoms with Gasteiger partial charge in [-0.3, -0.25) is 0 Å². The molecule has 3 aromatic rings. The summed E-state index contributed by atoms with van der Waals surface area (Å²) >= 11 is 0. The Morgan fingerprint density at radius 2 is 1.91 bits per heavy atom. The highest BCUT2D eigenvalue weighted by Crippen LogP contribution is 2.39. The normalized spacial score (nSPS) is 14.3. The number of nitrogens with zero attached hydrogens (tertiary/aromatic N) is 3. The number of hydrogen-bond donors (Lipinski definition) is 2. The van der Waals surface area contributed by atoms with Crippen LogP contribution in [0.5, 0.6) is 5.75 Å². The van der Waals surface area contributed by atoms with Gasteiger partial charge in [-0.05, 0) is 44.4 Å². The van der Waals surface area contributed by atoms with Crippen LogP contribution in [0.25, 0.3) is 11.3 Å². The molecule has 2 heterocycles. The number of ether oxygens (including phenoxy) is 2. The summed E-state index contributed by atoms with van der Waals surface area (Å²) in [4.78, 5) is 9.39. The molecule has 1 fully saturated rings. The Hall–Kier alpha value is -2.97. The van der Waals surface area contributed by atoms with E-state index in [0.717, 1.165) is 65.6 Å². The Balaban J connectivity index is 1.47. The predicted molar refractivity (Wildman–Crippen MR) is 133 cm³/mol. The van der Waals surface area contributed by atoms with Gasteiger partial charge in [0.15, 0.2) is 0 Å². The second kappa shape index (κ2) is 11.9. The first-order valence-corrected chi connectivity index (χ1v) is 12.2. The van der Waals surface area contributed by atoms with E-state index in [9.17, 15) is 0 Å². The van der Waals surface area contributed by atoms with Gasteiger partial charge in [-0.1, -0.05) is 30.5 Å². The molecule has 0 spiro atoms. The van der Waals surface area contributed by atoms with Crippen LogP contribution in [0, 0.1) is 13.8 Å². The molecular weight excluding hydrogens is 430 g/mol. The van der Waals surface area contributed by atoms with Crippen LogP contribution < -0.4 is 15.4 Å². The number of methoxy groups -OCH3 is 1. The molecule has 8 nitrogen and oxygen atoms in total. The van der Waals surface area contributed by atoms with Crippen LogP contribution in [0.1, 0.15) is 55.0 Å². The maximum atomic E-state index is 5.86. The molecule has 0 bridgehead atoms.